The van der Waals surface area contributed by atoms with Crippen LogP contribution >= 0.6 is 0 Å². The molecular formula is C30H31F4N3O4. The summed E-state index contributed by atoms with van der Waals surface area (Å²) in [4.78, 5) is 17.3. The number of rotatable bonds is 9. The highest BCUT2D eigenvalue weighted by atomic mass is 19.3. The molecule has 0 spiro atoms. The molecular weight excluding hydrogens is 542 g/mol. The van der Waals surface area contributed by atoms with Crippen molar-refractivity contribution < 1.29 is 36.6 Å². The maximum absolute atomic E-state index is 14.3. The molecule has 41 heavy (non-hydrogen) atoms. The average molecular weight is 574 g/mol. The number of urea groups is 1. The Hall–Kier alpha value is -3.67. The highest BCUT2D eigenvalue weighted by Gasteiger charge is 2.54. The average Bonchev–Trinajstić information content (AvgIpc) is 2.96. The number of carbonyl (C=O) groups excluding carboxylic acids is 1. The van der Waals surface area contributed by atoms with E-state index in [0.717, 1.165) is 36.3 Å². The normalized spacial score (nSPS) is 17.9. The van der Waals surface area contributed by atoms with Gasteiger partial charge in [-0.2, -0.15) is 8.78 Å². The Balaban J connectivity index is 1.34. The van der Waals surface area contributed by atoms with Gasteiger partial charge in [-0.05, 0) is 35.7 Å². The van der Waals surface area contributed by atoms with Gasteiger partial charge in [0.05, 0.1) is 18.8 Å². The number of nitrogens with one attached hydrogen (secondary N) is 1. The second-order valence-corrected chi connectivity index (χ2v) is 9.93. The third kappa shape index (κ3) is 7.35. The Bertz CT molecular complexity index is 1270. The first kappa shape index (κ1) is 28.8. The summed E-state index contributed by atoms with van der Waals surface area (Å²) in [6.45, 7) is 4.10. The van der Waals surface area contributed by atoms with Crippen molar-refractivity contribution in [3.05, 3.63) is 95.6 Å². The molecule has 0 unspecified atom stereocenters. The fourth-order valence-electron chi connectivity index (χ4n) is 5.06. The van der Waals surface area contributed by atoms with Crippen molar-refractivity contribution in [1.82, 2.24) is 9.80 Å². The predicted octanol–water partition coefficient (Wildman–Crippen LogP) is 6.08. The first-order valence-corrected chi connectivity index (χ1v) is 13.5. The van der Waals surface area contributed by atoms with Crippen LogP contribution in [0.2, 0.25) is 0 Å². The molecule has 3 aromatic rings. The number of alkyl halides is 4. The van der Waals surface area contributed by atoms with Gasteiger partial charge in [-0.15, -0.1) is 8.78 Å². The number of hydrogen-bond donors (Lipinski definition) is 1. The first-order valence-electron chi connectivity index (χ1n) is 13.5. The van der Waals surface area contributed by atoms with Crippen molar-refractivity contribution in [3.8, 4) is 5.75 Å². The smallest absolute Gasteiger partial charge is 0.409 e. The molecule has 1 N–H and O–H groups in total. The van der Waals surface area contributed by atoms with Crippen LogP contribution in [0.25, 0.3) is 0 Å². The van der Waals surface area contributed by atoms with Gasteiger partial charge in [0.15, 0.2) is 0 Å². The van der Waals surface area contributed by atoms with Gasteiger partial charge >= 0.3 is 18.4 Å². The zero-order chi connectivity index (χ0) is 28.9. The van der Waals surface area contributed by atoms with E-state index in [9.17, 15) is 22.4 Å². The summed E-state index contributed by atoms with van der Waals surface area (Å²) in [7, 11) is 0. The minimum atomic E-state index is -4.47. The topological polar surface area (TPSA) is 63.3 Å². The van der Waals surface area contributed by atoms with E-state index >= 15 is 0 Å². The van der Waals surface area contributed by atoms with Crippen LogP contribution in [-0.2, 0) is 15.6 Å². The van der Waals surface area contributed by atoms with Gasteiger partial charge in [0.25, 0.3) is 0 Å². The number of fused-ring (bicyclic) bond motifs is 1. The summed E-state index contributed by atoms with van der Waals surface area (Å²) in [5, 5.41) is 2.65. The molecule has 0 atom stereocenters. The van der Waals surface area contributed by atoms with Gasteiger partial charge in [-0.1, -0.05) is 60.7 Å². The van der Waals surface area contributed by atoms with Crippen molar-refractivity contribution in [1.29, 1.82) is 0 Å². The lowest BCUT2D eigenvalue weighted by Gasteiger charge is -2.32. The molecule has 2 aliphatic heterocycles. The second kappa shape index (κ2) is 12.5. The number of carbonyl (C=O) groups is 1. The van der Waals surface area contributed by atoms with E-state index < -0.39 is 29.7 Å². The standard InChI is InChI=1S/C30H31F4N3O4/c31-29(32)26-21-24(11-12-27(26)40-30(33,34)41-29)35-28(38)37(16-15-36-17-19-39-20-18-36)14-13-25(22-7-3-1-4-8-22)23-9-5-2-6-10-23/h1-12,21,25H,13-20H2,(H,35,38). The first-order chi connectivity index (χ1) is 19.7. The van der Waals surface area contributed by atoms with Gasteiger partial charge in [0.1, 0.15) is 5.75 Å². The molecule has 2 aliphatic rings. The molecule has 11 heteroatoms. The fourth-order valence-corrected chi connectivity index (χ4v) is 5.06. The number of hydrogen-bond acceptors (Lipinski definition) is 5. The van der Waals surface area contributed by atoms with Crippen LogP contribution in [-0.4, -0.2) is 68.1 Å². The van der Waals surface area contributed by atoms with Crippen LogP contribution in [0.15, 0.2) is 78.9 Å². The van der Waals surface area contributed by atoms with Gasteiger partial charge in [0.2, 0.25) is 0 Å². The lowest BCUT2D eigenvalue weighted by atomic mass is 9.88. The monoisotopic (exact) mass is 573 g/mol. The maximum Gasteiger partial charge on any atom is 0.540 e. The summed E-state index contributed by atoms with van der Waals surface area (Å²) in [6, 6.07) is 22.6. The fraction of sp³-hybridized carbons (Fsp3) is 0.367. The highest BCUT2D eigenvalue weighted by Crippen LogP contribution is 2.47. The molecule has 2 heterocycles. The lowest BCUT2D eigenvalue weighted by Crippen LogP contribution is -2.45. The van der Waals surface area contributed by atoms with Crippen molar-refractivity contribution in [2.45, 2.75) is 24.7 Å². The van der Waals surface area contributed by atoms with Crippen LogP contribution in [0, 0.1) is 0 Å². The molecule has 0 aromatic heterocycles. The Morgan fingerprint density at radius 1 is 0.902 bits per heavy atom. The van der Waals surface area contributed by atoms with Gasteiger partial charge in [0, 0.05) is 44.3 Å². The second-order valence-electron chi connectivity index (χ2n) is 9.93. The Labute approximate surface area is 235 Å². The van der Waals surface area contributed by atoms with Crippen LogP contribution < -0.4 is 10.1 Å². The van der Waals surface area contributed by atoms with Crippen molar-refractivity contribution in [2.75, 3.05) is 51.3 Å². The summed E-state index contributed by atoms with van der Waals surface area (Å²) < 4.78 is 68.6. The molecule has 0 aliphatic carbocycles. The molecule has 3 aromatic carbocycles. The Kier molecular flexibility index (Phi) is 8.77. The number of nitrogens with zero attached hydrogens (tertiary/aromatic N) is 2. The van der Waals surface area contributed by atoms with E-state index in [-0.39, 0.29) is 11.6 Å². The van der Waals surface area contributed by atoms with Crippen molar-refractivity contribution in [2.24, 2.45) is 0 Å². The minimum absolute atomic E-state index is 0.00452. The van der Waals surface area contributed by atoms with Crippen LogP contribution in [0.1, 0.15) is 29.0 Å². The quantitative estimate of drug-likeness (QED) is 0.314. The summed E-state index contributed by atoms with van der Waals surface area (Å²) >= 11 is 0. The molecule has 5 rings (SSSR count). The molecule has 2 amide bonds. The minimum Gasteiger partial charge on any atom is -0.409 e. The zero-order valence-electron chi connectivity index (χ0n) is 22.3. The van der Waals surface area contributed by atoms with E-state index in [1.54, 1.807) is 4.90 Å². The van der Waals surface area contributed by atoms with Crippen molar-refractivity contribution >= 4 is 11.7 Å². The molecule has 218 valence electrons. The van der Waals surface area contributed by atoms with Gasteiger partial charge in [-0.25, -0.2) is 9.53 Å². The zero-order valence-corrected chi connectivity index (χ0v) is 22.3. The van der Waals surface area contributed by atoms with Crippen molar-refractivity contribution in [3.63, 3.8) is 0 Å². The molecule has 0 saturated carbocycles. The number of morpholine rings is 1. The number of benzene rings is 3. The lowest BCUT2D eigenvalue weighted by molar-refractivity contribution is -0.461. The SMILES string of the molecule is O=C(Nc1ccc2c(c1)C(F)(F)OC(F)(F)O2)N(CCC(c1ccccc1)c1ccccc1)CCN1CCOCC1. The van der Waals surface area contributed by atoms with E-state index in [4.69, 9.17) is 4.74 Å². The molecule has 7 nitrogen and oxygen atoms in total. The number of halogens is 4. The van der Waals surface area contributed by atoms with E-state index in [1.165, 1.54) is 6.07 Å². The predicted molar refractivity (Wildman–Crippen MR) is 144 cm³/mol. The molecule has 1 fully saturated rings. The number of ether oxygens (including phenoxy) is 3. The Morgan fingerprint density at radius 2 is 1.54 bits per heavy atom. The summed E-state index contributed by atoms with van der Waals surface area (Å²) in [5.41, 5.74) is 1.33. The number of anilines is 1. The Morgan fingerprint density at radius 3 is 2.17 bits per heavy atom. The molecule has 1 saturated heterocycles. The largest absolute Gasteiger partial charge is 0.540 e. The maximum atomic E-state index is 14.3. The van der Waals surface area contributed by atoms with Crippen LogP contribution in [0.3, 0.4) is 0 Å². The molecule has 0 radical (unpaired) electrons. The summed E-state index contributed by atoms with van der Waals surface area (Å²) in [6.07, 6.45) is -8.15. The van der Waals surface area contributed by atoms with Crippen LogP contribution in [0.4, 0.5) is 28.0 Å². The highest BCUT2D eigenvalue weighted by molar-refractivity contribution is 5.89. The van der Waals surface area contributed by atoms with E-state index in [0.29, 0.717) is 39.3 Å². The van der Waals surface area contributed by atoms with E-state index in [2.05, 4.69) is 44.0 Å². The van der Waals surface area contributed by atoms with Crippen LogP contribution in [0.5, 0.6) is 5.75 Å². The summed E-state index contributed by atoms with van der Waals surface area (Å²) in [5.74, 6) is -0.698. The van der Waals surface area contributed by atoms with Gasteiger partial charge < -0.3 is 19.7 Å². The third-order valence-electron chi connectivity index (χ3n) is 7.19. The molecule has 0 bridgehead atoms. The van der Waals surface area contributed by atoms with Gasteiger partial charge in [-0.3, -0.25) is 4.90 Å². The van der Waals surface area contributed by atoms with E-state index in [1.807, 2.05) is 36.4 Å². The third-order valence-corrected chi connectivity index (χ3v) is 7.19. The number of amides is 2.